The number of hydrogen-bond donors (Lipinski definition) is 5. The topological polar surface area (TPSA) is 180 Å². The van der Waals surface area contributed by atoms with Gasteiger partial charge in [-0.3, -0.25) is 19.2 Å². The molecule has 0 aliphatic rings. The molecule has 0 aliphatic heterocycles. The van der Waals surface area contributed by atoms with Crippen molar-refractivity contribution in [3.05, 3.63) is 0 Å². The quantitative estimate of drug-likeness (QED) is 0.0677. The van der Waals surface area contributed by atoms with Crippen LogP contribution in [0.1, 0.15) is 128 Å². The van der Waals surface area contributed by atoms with Gasteiger partial charge in [0.25, 0.3) is 0 Å². The van der Waals surface area contributed by atoms with Gasteiger partial charge in [0.2, 0.25) is 17.7 Å². The largest absolute Gasteiger partial charge is 0.481 e. The van der Waals surface area contributed by atoms with Crippen LogP contribution in [0.25, 0.3) is 0 Å². The molecule has 0 unspecified atom stereocenters. The van der Waals surface area contributed by atoms with Crippen molar-refractivity contribution in [2.75, 3.05) is 40.0 Å². The zero-order chi connectivity index (χ0) is 32.7. The van der Waals surface area contributed by atoms with E-state index in [2.05, 4.69) is 16.0 Å². The van der Waals surface area contributed by atoms with Gasteiger partial charge >= 0.3 is 11.9 Å². The van der Waals surface area contributed by atoms with Gasteiger partial charge in [0.1, 0.15) is 12.6 Å². The highest BCUT2D eigenvalue weighted by molar-refractivity contribution is 5.84. The van der Waals surface area contributed by atoms with Crippen molar-refractivity contribution in [2.45, 2.75) is 134 Å². The molecule has 0 aliphatic carbocycles. The molecule has 5 N–H and O–H groups in total. The van der Waals surface area contributed by atoms with Crippen LogP contribution in [-0.2, 0) is 33.4 Å². The van der Waals surface area contributed by atoms with E-state index in [0.29, 0.717) is 6.42 Å². The maximum absolute atomic E-state index is 12.2. The van der Waals surface area contributed by atoms with E-state index in [1.165, 1.54) is 64.8 Å². The highest BCUT2D eigenvalue weighted by Crippen LogP contribution is 2.14. The Hall–Kier alpha value is -2.73. The first-order valence-electron chi connectivity index (χ1n) is 16.6. The summed E-state index contributed by atoms with van der Waals surface area (Å²) in [7, 11) is 1.52. The summed E-state index contributed by atoms with van der Waals surface area (Å²) in [6.45, 7) is 1.02. The highest BCUT2D eigenvalue weighted by Gasteiger charge is 2.20. The normalized spacial score (nSPS) is 11.6. The third kappa shape index (κ3) is 29.3. The second-order valence-corrected chi connectivity index (χ2v) is 11.2. The number of amides is 3. The number of likely N-dealkylation sites (N-methyl/N-ethyl adjacent to an activating group) is 1. The van der Waals surface area contributed by atoms with Crippen molar-refractivity contribution < 1.29 is 43.7 Å². The summed E-state index contributed by atoms with van der Waals surface area (Å²) in [4.78, 5) is 57.2. The van der Waals surface area contributed by atoms with Crippen LogP contribution in [-0.4, -0.2) is 85.9 Å². The molecule has 0 aromatic heterocycles. The number of ether oxygens (including phenoxy) is 2. The van der Waals surface area contributed by atoms with Crippen molar-refractivity contribution in [3.8, 4) is 0 Å². The fraction of sp³-hybridized carbons (Fsp3) is 0.844. The average Bonchev–Trinajstić information content (AvgIpc) is 2.99. The van der Waals surface area contributed by atoms with Crippen molar-refractivity contribution in [1.29, 1.82) is 0 Å². The monoisotopic (exact) mass is 629 g/mol. The van der Waals surface area contributed by atoms with Gasteiger partial charge in [-0.05, 0) is 19.3 Å². The molecule has 0 aromatic carbocycles. The molecule has 0 saturated heterocycles. The molecule has 0 radical (unpaired) electrons. The zero-order valence-electron chi connectivity index (χ0n) is 27.0. The fourth-order valence-corrected chi connectivity index (χ4v) is 4.64. The van der Waals surface area contributed by atoms with Crippen molar-refractivity contribution in [2.24, 2.45) is 0 Å². The summed E-state index contributed by atoms with van der Waals surface area (Å²) in [6.07, 6.45) is 18.6. The van der Waals surface area contributed by atoms with E-state index in [4.69, 9.17) is 14.6 Å². The number of carboxylic acid groups (broad SMARTS) is 2. The standard InChI is InChI=1S/C32H59N3O9/c1-33-30(38)26-44-25-24-43-23-22-34-28(36)21-20-27(32(41)42)35-29(37)18-16-14-12-10-8-6-4-2-3-5-7-9-11-13-15-17-19-31(39)40/h27H,2-26H2,1H3,(H,33,38)(H,34,36)(H,35,37)(H,39,40)(H,41,42)/t27-/m0/s1. The van der Waals surface area contributed by atoms with Crippen LogP contribution in [0.4, 0.5) is 0 Å². The van der Waals surface area contributed by atoms with Crippen molar-refractivity contribution in [3.63, 3.8) is 0 Å². The van der Waals surface area contributed by atoms with Gasteiger partial charge in [0.05, 0.1) is 19.8 Å². The molecule has 256 valence electrons. The van der Waals surface area contributed by atoms with Crippen LogP contribution >= 0.6 is 0 Å². The molecule has 44 heavy (non-hydrogen) atoms. The minimum absolute atomic E-state index is 0.0112. The summed E-state index contributed by atoms with van der Waals surface area (Å²) < 4.78 is 10.4. The van der Waals surface area contributed by atoms with Gasteiger partial charge in [0, 0.05) is 32.9 Å². The minimum Gasteiger partial charge on any atom is -0.481 e. The lowest BCUT2D eigenvalue weighted by Crippen LogP contribution is -2.41. The summed E-state index contributed by atoms with van der Waals surface area (Å²) in [5.74, 6) is -2.70. The molecule has 0 heterocycles. The van der Waals surface area contributed by atoms with E-state index in [9.17, 15) is 29.1 Å². The highest BCUT2D eigenvalue weighted by atomic mass is 16.5. The third-order valence-corrected chi connectivity index (χ3v) is 7.29. The Bertz CT molecular complexity index is 780. The average molecular weight is 630 g/mol. The number of carbonyl (C=O) groups is 5. The van der Waals surface area contributed by atoms with Gasteiger partial charge in [-0.25, -0.2) is 4.79 Å². The lowest BCUT2D eigenvalue weighted by atomic mass is 10.0. The molecule has 0 saturated carbocycles. The van der Waals surface area contributed by atoms with Crippen LogP contribution in [0.2, 0.25) is 0 Å². The van der Waals surface area contributed by atoms with E-state index in [1.807, 2.05) is 0 Å². The first-order valence-corrected chi connectivity index (χ1v) is 16.6. The van der Waals surface area contributed by atoms with E-state index in [-0.39, 0.29) is 70.0 Å². The first kappa shape index (κ1) is 41.3. The Morgan fingerprint density at radius 3 is 1.52 bits per heavy atom. The van der Waals surface area contributed by atoms with Gasteiger partial charge in [-0.15, -0.1) is 0 Å². The van der Waals surface area contributed by atoms with E-state index < -0.39 is 18.0 Å². The summed E-state index contributed by atoms with van der Waals surface area (Å²) >= 11 is 0. The molecule has 0 spiro atoms. The summed E-state index contributed by atoms with van der Waals surface area (Å²) in [6, 6.07) is -1.10. The lowest BCUT2D eigenvalue weighted by molar-refractivity contribution is -0.142. The van der Waals surface area contributed by atoms with Gasteiger partial charge in [-0.1, -0.05) is 89.9 Å². The number of unbranched alkanes of at least 4 members (excludes halogenated alkanes) is 15. The number of rotatable bonds is 32. The Labute approximate surface area is 263 Å². The predicted molar refractivity (Wildman–Crippen MR) is 168 cm³/mol. The number of aliphatic carboxylic acids is 2. The van der Waals surface area contributed by atoms with Gasteiger partial charge in [-0.2, -0.15) is 0 Å². The molecule has 0 bridgehead atoms. The SMILES string of the molecule is CNC(=O)COCCOCCNC(=O)CC[C@H](NC(=O)CCCCCCCCCCCCCCCCCCC(=O)O)C(=O)O. The molecular weight excluding hydrogens is 570 g/mol. The number of nitrogens with one attached hydrogen (secondary N) is 3. The van der Waals surface area contributed by atoms with E-state index in [1.54, 1.807) is 0 Å². The van der Waals surface area contributed by atoms with Crippen LogP contribution in [0.5, 0.6) is 0 Å². The second kappa shape index (κ2) is 30.3. The first-order chi connectivity index (χ1) is 21.3. The maximum atomic E-state index is 12.2. The molecule has 0 fully saturated rings. The molecule has 12 nitrogen and oxygen atoms in total. The minimum atomic E-state index is -1.16. The molecule has 0 aromatic rings. The molecule has 3 amide bonds. The Kier molecular flexibility index (Phi) is 28.4. The maximum Gasteiger partial charge on any atom is 0.326 e. The van der Waals surface area contributed by atoms with E-state index >= 15 is 0 Å². The van der Waals surface area contributed by atoms with Crippen LogP contribution in [0.15, 0.2) is 0 Å². The second-order valence-electron chi connectivity index (χ2n) is 11.2. The van der Waals surface area contributed by atoms with Crippen LogP contribution in [0.3, 0.4) is 0 Å². The fourth-order valence-electron chi connectivity index (χ4n) is 4.64. The molecule has 12 heteroatoms. The number of carboxylic acids is 2. The number of hydrogen-bond acceptors (Lipinski definition) is 7. The Morgan fingerprint density at radius 2 is 1.05 bits per heavy atom. The van der Waals surface area contributed by atoms with Crippen LogP contribution in [0, 0.1) is 0 Å². The Morgan fingerprint density at radius 1 is 0.568 bits per heavy atom. The summed E-state index contributed by atoms with van der Waals surface area (Å²) in [5.41, 5.74) is 0. The van der Waals surface area contributed by atoms with Gasteiger partial charge < -0.3 is 35.6 Å². The van der Waals surface area contributed by atoms with Crippen LogP contribution < -0.4 is 16.0 Å². The molecular formula is C32H59N3O9. The third-order valence-electron chi connectivity index (χ3n) is 7.29. The Balaban J connectivity index is 3.62. The molecule has 0 rings (SSSR count). The zero-order valence-corrected chi connectivity index (χ0v) is 27.0. The predicted octanol–water partition coefficient (Wildman–Crippen LogP) is 4.34. The van der Waals surface area contributed by atoms with Crippen molar-refractivity contribution in [1.82, 2.24) is 16.0 Å². The number of carbonyl (C=O) groups excluding carboxylic acids is 3. The smallest absolute Gasteiger partial charge is 0.326 e. The van der Waals surface area contributed by atoms with Gasteiger partial charge in [0.15, 0.2) is 0 Å². The molecule has 1 atom stereocenters. The van der Waals surface area contributed by atoms with Crippen molar-refractivity contribution >= 4 is 29.7 Å². The summed E-state index contributed by atoms with van der Waals surface area (Å²) in [5, 5.41) is 25.7. The lowest BCUT2D eigenvalue weighted by Gasteiger charge is -2.14. The van der Waals surface area contributed by atoms with E-state index in [0.717, 1.165) is 44.9 Å².